The van der Waals surface area contributed by atoms with Crippen molar-refractivity contribution in [2.45, 2.75) is 32.9 Å². The van der Waals surface area contributed by atoms with Crippen LogP contribution in [0.5, 0.6) is 5.75 Å². The topological polar surface area (TPSA) is 101 Å². The SMILES string of the molecule is CN=C(NCc1ccc(C)cc1OCCOC)NCC(C)(C)NS(C)(=O)=O.I. The molecule has 0 bridgehead atoms. The number of aryl methyl sites for hydroxylation is 1. The lowest BCUT2D eigenvalue weighted by atomic mass is 10.1. The Bertz CT molecular complexity index is 739. The monoisotopic (exact) mass is 528 g/mol. The van der Waals surface area contributed by atoms with Crippen LogP contribution >= 0.6 is 24.0 Å². The maximum Gasteiger partial charge on any atom is 0.209 e. The zero-order valence-corrected chi connectivity index (χ0v) is 20.6. The predicted octanol–water partition coefficient (Wildman–Crippen LogP) is 1.63. The number of aliphatic imine (C=N–C) groups is 1. The number of benzene rings is 1. The van der Waals surface area contributed by atoms with Gasteiger partial charge >= 0.3 is 0 Å². The molecule has 0 spiro atoms. The lowest BCUT2D eigenvalue weighted by Gasteiger charge is -2.26. The number of guanidine groups is 1. The van der Waals surface area contributed by atoms with E-state index in [0.717, 1.165) is 23.1 Å². The molecule has 0 aliphatic heterocycles. The first-order chi connectivity index (χ1) is 12.6. The van der Waals surface area contributed by atoms with Crippen LogP contribution in [0.2, 0.25) is 0 Å². The second kappa shape index (κ2) is 12.5. The Labute approximate surface area is 185 Å². The zero-order valence-electron chi connectivity index (χ0n) is 17.5. The number of nitrogens with one attached hydrogen (secondary N) is 3. The summed E-state index contributed by atoms with van der Waals surface area (Å²) in [6.07, 6.45) is 1.14. The van der Waals surface area contributed by atoms with Crippen molar-refractivity contribution in [1.29, 1.82) is 0 Å². The van der Waals surface area contributed by atoms with Gasteiger partial charge in [-0.2, -0.15) is 0 Å². The Hall–Kier alpha value is -1.11. The van der Waals surface area contributed by atoms with E-state index in [0.29, 0.717) is 32.3 Å². The highest BCUT2D eigenvalue weighted by Crippen LogP contribution is 2.20. The average Bonchev–Trinajstić information content (AvgIpc) is 2.54. The lowest BCUT2D eigenvalue weighted by Crippen LogP contribution is -2.52. The first-order valence-corrected chi connectivity index (χ1v) is 10.6. The third-order valence-corrected chi connectivity index (χ3v) is 4.52. The van der Waals surface area contributed by atoms with Crippen LogP contribution in [-0.2, 0) is 21.3 Å². The van der Waals surface area contributed by atoms with Gasteiger partial charge in [0.2, 0.25) is 10.0 Å². The smallest absolute Gasteiger partial charge is 0.209 e. The number of nitrogens with zero attached hydrogens (tertiary/aromatic N) is 1. The van der Waals surface area contributed by atoms with Gasteiger partial charge in [-0.05, 0) is 32.4 Å². The van der Waals surface area contributed by atoms with Crippen LogP contribution in [0.15, 0.2) is 23.2 Å². The van der Waals surface area contributed by atoms with Crippen molar-refractivity contribution in [3.8, 4) is 5.75 Å². The number of ether oxygens (including phenoxy) is 2. The summed E-state index contributed by atoms with van der Waals surface area (Å²) in [5.74, 6) is 1.37. The Morgan fingerprint density at radius 1 is 1.21 bits per heavy atom. The lowest BCUT2D eigenvalue weighted by molar-refractivity contribution is 0.145. The second-order valence-corrected chi connectivity index (χ2v) is 8.74. The average molecular weight is 528 g/mol. The first-order valence-electron chi connectivity index (χ1n) is 8.71. The highest BCUT2D eigenvalue weighted by atomic mass is 127. The highest BCUT2D eigenvalue weighted by molar-refractivity contribution is 14.0. The van der Waals surface area contributed by atoms with Gasteiger partial charge in [-0.1, -0.05) is 12.1 Å². The van der Waals surface area contributed by atoms with Crippen LogP contribution in [0.25, 0.3) is 0 Å². The minimum absolute atomic E-state index is 0. The van der Waals surface area contributed by atoms with E-state index in [1.165, 1.54) is 0 Å². The number of methoxy groups -OCH3 is 1. The van der Waals surface area contributed by atoms with Gasteiger partial charge in [0.25, 0.3) is 0 Å². The minimum Gasteiger partial charge on any atom is -0.491 e. The van der Waals surface area contributed by atoms with Crippen molar-refractivity contribution in [2.24, 2.45) is 4.99 Å². The molecule has 1 aromatic rings. The summed E-state index contributed by atoms with van der Waals surface area (Å²) in [5.41, 5.74) is 1.46. The van der Waals surface area contributed by atoms with E-state index >= 15 is 0 Å². The van der Waals surface area contributed by atoms with Gasteiger partial charge in [-0.15, -0.1) is 24.0 Å². The quantitative estimate of drug-likeness (QED) is 0.185. The molecule has 0 unspecified atom stereocenters. The molecule has 10 heteroatoms. The predicted molar refractivity (Wildman–Crippen MR) is 124 cm³/mol. The van der Waals surface area contributed by atoms with Crippen molar-refractivity contribution >= 4 is 40.0 Å². The van der Waals surface area contributed by atoms with Gasteiger partial charge in [-0.3, -0.25) is 4.99 Å². The number of hydrogen-bond donors (Lipinski definition) is 3. The molecule has 1 aromatic carbocycles. The maximum absolute atomic E-state index is 11.4. The van der Waals surface area contributed by atoms with Gasteiger partial charge in [0, 0.05) is 38.3 Å². The molecule has 1 rings (SSSR count). The van der Waals surface area contributed by atoms with Crippen molar-refractivity contribution in [2.75, 3.05) is 40.2 Å². The van der Waals surface area contributed by atoms with Crippen molar-refractivity contribution in [3.05, 3.63) is 29.3 Å². The summed E-state index contributed by atoms with van der Waals surface area (Å²) in [7, 11) is 0.0113. The minimum atomic E-state index is -3.29. The molecule has 28 heavy (non-hydrogen) atoms. The fraction of sp³-hybridized carbons (Fsp3) is 0.611. The molecule has 0 amide bonds. The molecule has 0 heterocycles. The van der Waals surface area contributed by atoms with Crippen LogP contribution in [-0.4, -0.2) is 60.1 Å². The Morgan fingerprint density at radius 3 is 2.46 bits per heavy atom. The maximum atomic E-state index is 11.4. The van der Waals surface area contributed by atoms with Crippen LogP contribution in [0.3, 0.4) is 0 Å². The van der Waals surface area contributed by atoms with E-state index in [2.05, 4.69) is 20.3 Å². The fourth-order valence-electron chi connectivity index (χ4n) is 2.42. The molecule has 0 radical (unpaired) electrons. The van der Waals surface area contributed by atoms with Crippen LogP contribution in [0, 0.1) is 6.92 Å². The Morgan fingerprint density at radius 2 is 1.89 bits per heavy atom. The zero-order chi connectivity index (χ0) is 20.5. The molecular weight excluding hydrogens is 495 g/mol. The van der Waals surface area contributed by atoms with Gasteiger partial charge in [0.05, 0.1) is 12.9 Å². The number of hydrogen-bond acceptors (Lipinski definition) is 5. The normalized spacial score (nSPS) is 12.3. The standard InChI is InChI=1S/C18H32N4O4S.HI/c1-14-7-8-15(16(11-14)26-10-9-25-5)12-20-17(19-4)21-13-18(2,3)22-27(6,23)24;/h7-8,11,22H,9-10,12-13H2,1-6H3,(H2,19,20,21);1H. The van der Waals surface area contributed by atoms with E-state index in [1.54, 1.807) is 28.0 Å². The van der Waals surface area contributed by atoms with E-state index in [-0.39, 0.29) is 24.0 Å². The molecule has 0 saturated heterocycles. The van der Waals surface area contributed by atoms with E-state index < -0.39 is 15.6 Å². The Kier molecular flexibility index (Phi) is 12.0. The van der Waals surface area contributed by atoms with Crippen LogP contribution in [0.1, 0.15) is 25.0 Å². The summed E-state index contributed by atoms with van der Waals surface area (Å²) in [6, 6.07) is 6.02. The van der Waals surface area contributed by atoms with E-state index in [9.17, 15) is 8.42 Å². The number of sulfonamides is 1. The van der Waals surface area contributed by atoms with Gasteiger partial charge in [-0.25, -0.2) is 13.1 Å². The summed E-state index contributed by atoms with van der Waals surface area (Å²) < 4.78 is 36.3. The van der Waals surface area contributed by atoms with Gasteiger partial charge in [0.1, 0.15) is 12.4 Å². The molecule has 0 aromatic heterocycles. The molecule has 0 saturated carbocycles. The summed E-state index contributed by atoms with van der Waals surface area (Å²) in [4.78, 5) is 4.18. The van der Waals surface area contributed by atoms with Crippen molar-refractivity contribution < 1.29 is 17.9 Å². The van der Waals surface area contributed by atoms with Gasteiger partial charge < -0.3 is 20.1 Å². The van der Waals surface area contributed by atoms with E-state index in [4.69, 9.17) is 9.47 Å². The number of rotatable bonds is 10. The molecule has 0 fully saturated rings. The largest absolute Gasteiger partial charge is 0.491 e. The molecule has 3 N–H and O–H groups in total. The highest BCUT2D eigenvalue weighted by Gasteiger charge is 2.22. The number of halogens is 1. The Balaban J connectivity index is 0.00000729. The molecule has 0 aliphatic carbocycles. The van der Waals surface area contributed by atoms with E-state index in [1.807, 2.05) is 25.1 Å². The fourth-order valence-corrected chi connectivity index (χ4v) is 3.50. The molecule has 0 aliphatic rings. The second-order valence-electron chi connectivity index (χ2n) is 6.99. The third kappa shape index (κ3) is 11.0. The van der Waals surface area contributed by atoms with Crippen LogP contribution < -0.4 is 20.1 Å². The third-order valence-electron chi connectivity index (χ3n) is 3.60. The first kappa shape index (κ1) is 26.9. The molecular formula is C18H33IN4O4S. The summed E-state index contributed by atoms with van der Waals surface area (Å²) >= 11 is 0. The molecule has 8 nitrogen and oxygen atoms in total. The summed E-state index contributed by atoms with van der Waals surface area (Å²) in [5, 5.41) is 6.36. The molecule has 0 atom stereocenters. The molecule has 162 valence electrons. The van der Waals surface area contributed by atoms with Gasteiger partial charge in [0.15, 0.2) is 5.96 Å². The summed E-state index contributed by atoms with van der Waals surface area (Å²) in [6.45, 7) is 7.51. The van der Waals surface area contributed by atoms with Crippen molar-refractivity contribution in [3.63, 3.8) is 0 Å². The van der Waals surface area contributed by atoms with Crippen LogP contribution in [0.4, 0.5) is 0 Å². The van der Waals surface area contributed by atoms with Crippen molar-refractivity contribution in [1.82, 2.24) is 15.4 Å².